The van der Waals surface area contributed by atoms with Gasteiger partial charge < -0.3 is 10.1 Å². The van der Waals surface area contributed by atoms with E-state index in [2.05, 4.69) is 25.6 Å². The third-order valence-corrected chi connectivity index (χ3v) is 5.31. The van der Waals surface area contributed by atoms with Gasteiger partial charge in [-0.2, -0.15) is 0 Å². The molecule has 0 bridgehead atoms. The molecule has 0 aliphatic carbocycles. The van der Waals surface area contributed by atoms with Gasteiger partial charge in [0.05, 0.1) is 10.5 Å². The van der Waals surface area contributed by atoms with Gasteiger partial charge >= 0.3 is 5.97 Å². The highest BCUT2D eigenvalue weighted by atomic mass is 79.9. The topological polar surface area (TPSA) is 99.3 Å². The first kappa shape index (κ1) is 15.7. The number of rotatable bonds is 5. The number of halogens is 1. The highest BCUT2D eigenvalue weighted by Gasteiger charge is 2.21. The molecule has 0 spiro atoms. The number of carboxylic acids is 1. The minimum absolute atomic E-state index is 0.0511. The Morgan fingerprint density at radius 2 is 2.14 bits per heavy atom. The molecule has 0 aliphatic rings. The van der Waals surface area contributed by atoms with Crippen molar-refractivity contribution in [3.05, 3.63) is 51.8 Å². The summed E-state index contributed by atoms with van der Waals surface area (Å²) in [6, 6.07) is 4.28. The second-order valence-corrected chi connectivity index (χ2v) is 7.02. The molecule has 112 valence electrons. The molecule has 3 N–H and O–H groups in total. The average molecular weight is 373 g/mol. The zero-order valence-electron chi connectivity index (χ0n) is 11.1. The number of nitrogens with one attached hydrogen (secondary N) is 2. The lowest BCUT2D eigenvalue weighted by Crippen LogP contribution is -2.24. The quantitative estimate of drug-likeness (QED) is 0.749. The van der Waals surface area contributed by atoms with Gasteiger partial charge in [0.15, 0.2) is 0 Å². The van der Waals surface area contributed by atoms with E-state index in [9.17, 15) is 13.2 Å². The molecule has 1 aromatic heterocycles. The van der Waals surface area contributed by atoms with Gasteiger partial charge in [0.1, 0.15) is 0 Å². The summed E-state index contributed by atoms with van der Waals surface area (Å²) in [5.74, 6) is -1.18. The molecule has 0 unspecified atom stereocenters. The number of hydrogen-bond donors (Lipinski definition) is 3. The maximum absolute atomic E-state index is 12.3. The fraction of sp³-hybridized carbons (Fsp3) is 0.154. The van der Waals surface area contributed by atoms with Gasteiger partial charge in [0.2, 0.25) is 10.0 Å². The Morgan fingerprint density at radius 1 is 1.43 bits per heavy atom. The van der Waals surface area contributed by atoms with Crippen LogP contribution in [-0.4, -0.2) is 24.5 Å². The molecule has 1 aromatic carbocycles. The van der Waals surface area contributed by atoms with Crippen LogP contribution in [0.3, 0.4) is 0 Å². The fourth-order valence-corrected chi connectivity index (χ4v) is 3.68. The average Bonchev–Trinajstić information content (AvgIpc) is 2.92. The molecule has 0 atom stereocenters. The number of sulfonamides is 1. The van der Waals surface area contributed by atoms with Crippen molar-refractivity contribution in [1.82, 2.24) is 9.71 Å². The van der Waals surface area contributed by atoms with Gasteiger partial charge in [-0.1, -0.05) is 15.9 Å². The van der Waals surface area contributed by atoms with E-state index >= 15 is 0 Å². The molecule has 6 nitrogen and oxygen atoms in total. The molecule has 2 aromatic rings. The second kappa shape index (κ2) is 6.00. The summed E-state index contributed by atoms with van der Waals surface area (Å²) in [6.07, 6.45) is 3.37. The first-order chi connectivity index (χ1) is 9.81. The Bertz CT molecular complexity index is 770. The highest BCUT2D eigenvalue weighted by Crippen LogP contribution is 2.26. The summed E-state index contributed by atoms with van der Waals surface area (Å²) in [6.45, 7) is 1.74. The summed E-state index contributed by atoms with van der Waals surface area (Å²) in [5, 5.41) is 9.03. The van der Waals surface area contributed by atoms with Gasteiger partial charge in [-0.15, -0.1) is 0 Å². The van der Waals surface area contributed by atoms with Crippen LogP contribution in [-0.2, 0) is 16.6 Å². The van der Waals surface area contributed by atoms with E-state index in [0.29, 0.717) is 10.0 Å². The summed E-state index contributed by atoms with van der Waals surface area (Å²) in [4.78, 5) is 13.8. The van der Waals surface area contributed by atoms with Gasteiger partial charge in [-0.25, -0.2) is 17.9 Å². The lowest BCUT2D eigenvalue weighted by atomic mass is 10.1. The first-order valence-corrected chi connectivity index (χ1v) is 8.23. The van der Waals surface area contributed by atoms with E-state index in [0.717, 1.165) is 11.6 Å². The van der Waals surface area contributed by atoms with Crippen molar-refractivity contribution in [2.75, 3.05) is 0 Å². The maximum Gasteiger partial charge on any atom is 0.335 e. The maximum atomic E-state index is 12.3. The zero-order chi connectivity index (χ0) is 15.6. The van der Waals surface area contributed by atoms with Crippen molar-refractivity contribution in [2.24, 2.45) is 0 Å². The van der Waals surface area contributed by atoms with E-state index in [1.807, 2.05) is 0 Å². The number of H-pyrrole nitrogens is 1. The summed E-state index contributed by atoms with van der Waals surface area (Å²) in [7, 11) is -3.80. The van der Waals surface area contributed by atoms with Crippen LogP contribution in [0.25, 0.3) is 0 Å². The summed E-state index contributed by atoms with van der Waals surface area (Å²) < 4.78 is 27.6. The number of carboxylic acid groups (broad SMARTS) is 1. The van der Waals surface area contributed by atoms with Crippen LogP contribution >= 0.6 is 15.9 Å². The second-order valence-electron chi connectivity index (χ2n) is 4.43. The molecule has 2 rings (SSSR count). The minimum atomic E-state index is -3.80. The predicted molar refractivity (Wildman–Crippen MR) is 80.7 cm³/mol. The number of carbonyl (C=O) groups is 1. The smallest absolute Gasteiger partial charge is 0.335 e. The first-order valence-electron chi connectivity index (χ1n) is 5.96. The molecule has 0 radical (unpaired) electrons. The van der Waals surface area contributed by atoms with Crippen molar-refractivity contribution in [3.63, 3.8) is 0 Å². The molecule has 21 heavy (non-hydrogen) atoms. The van der Waals surface area contributed by atoms with Crippen molar-refractivity contribution < 1.29 is 18.3 Å². The normalized spacial score (nSPS) is 11.5. The van der Waals surface area contributed by atoms with Crippen LogP contribution in [0, 0.1) is 6.92 Å². The van der Waals surface area contributed by atoms with E-state index < -0.39 is 16.0 Å². The molecule has 1 heterocycles. The number of benzene rings is 1. The molecule has 0 saturated carbocycles. The Labute approximate surface area is 130 Å². The standard InChI is InChI=1S/C13H13BrN2O4S/c1-8-11(14)4-10(13(17)18)5-12(8)21(19,20)16-7-9-2-3-15-6-9/h2-6,15-16H,7H2,1H3,(H,17,18). The Hall–Kier alpha value is -1.64. The Balaban J connectivity index is 2.37. The van der Waals surface area contributed by atoms with Crippen LogP contribution in [0.4, 0.5) is 0 Å². The van der Waals surface area contributed by atoms with Crippen LogP contribution in [0.15, 0.2) is 40.0 Å². The van der Waals surface area contributed by atoms with Crippen molar-refractivity contribution >= 4 is 31.9 Å². The van der Waals surface area contributed by atoms with Crippen molar-refractivity contribution in [1.29, 1.82) is 0 Å². The molecule has 8 heteroatoms. The van der Waals surface area contributed by atoms with Crippen molar-refractivity contribution in [3.8, 4) is 0 Å². The lowest BCUT2D eigenvalue weighted by Gasteiger charge is -2.11. The molecule has 0 amide bonds. The van der Waals surface area contributed by atoms with Gasteiger partial charge in [-0.05, 0) is 36.2 Å². The lowest BCUT2D eigenvalue weighted by molar-refractivity contribution is 0.0696. The monoisotopic (exact) mass is 372 g/mol. The Morgan fingerprint density at radius 3 is 2.71 bits per heavy atom. The Kier molecular flexibility index (Phi) is 4.50. The zero-order valence-corrected chi connectivity index (χ0v) is 13.5. The predicted octanol–water partition coefficient (Wildman–Crippen LogP) is 2.26. The minimum Gasteiger partial charge on any atom is -0.478 e. The van der Waals surface area contributed by atoms with Gasteiger partial charge in [-0.3, -0.25) is 0 Å². The number of aromatic carboxylic acids is 1. The van der Waals surface area contributed by atoms with Gasteiger partial charge in [0.25, 0.3) is 0 Å². The van der Waals surface area contributed by atoms with E-state index in [4.69, 9.17) is 5.11 Å². The molecule has 0 saturated heterocycles. The molecular weight excluding hydrogens is 360 g/mol. The van der Waals surface area contributed by atoms with Crippen LogP contribution in [0.1, 0.15) is 21.5 Å². The van der Waals surface area contributed by atoms with Gasteiger partial charge in [0, 0.05) is 23.4 Å². The van der Waals surface area contributed by atoms with Crippen LogP contribution < -0.4 is 4.72 Å². The molecular formula is C13H13BrN2O4S. The number of aromatic nitrogens is 1. The number of hydrogen-bond acceptors (Lipinski definition) is 3. The summed E-state index contributed by atoms with van der Waals surface area (Å²) in [5.41, 5.74) is 1.15. The van der Waals surface area contributed by atoms with Crippen LogP contribution in [0.5, 0.6) is 0 Å². The fourth-order valence-electron chi connectivity index (χ4n) is 1.78. The number of aromatic amines is 1. The molecule has 0 aliphatic heterocycles. The van der Waals surface area contributed by atoms with E-state index in [1.54, 1.807) is 25.4 Å². The SMILES string of the molecule is Cc1c(Br)cc(C(=O)O)cc1S(=O)(=O)NCc1cc[nH]c1. The van der Waals surface area contributed by atoms with E-state index in [1.165, 1.54) is 6.07 Å². The third-order valence-electron chi connectivity index (χ3n) is 2.96. The third kappa shape index (κ3) is 3.52. The summed E-state index contributed by atoms with van der Waals surface area (Å²) >= 11 is 3.19. The van der Waals surface area contributed by atoms with E-state index in [-0.39, 0.29) is 17.0 Å². The van der Waals surface area contributed by atoms with Crippen molar-refractivity contribution in [2.45, 2.75) is 18.4 Å². The highest BCUT2D eigenvalue weighted by molar-refractivity contribution is 9.10. The van der Waals surface area contributed by atoms with Crippen LogP contribution in [0.2, 0.25) is 0 Å². The largest absolute Gasteiger partial charge is 0.478 e. The molecule has 0 fully saturated rings.